The number of carbonyl (C=O) groups excluding carboxylic acids is 3. The standard InChI is InChI=1S/C18H22O7S/c1-11(19)22-10-15-18(24-13(3)21)16(9-17(25-15)23-12(2)20)26-14-7-5-4-6-8-14/h4-8,15-18H,9-10H2,1-3H3/t15-,16+,17+,18-/m1/s1. The Hall–Kier alpha value is -2.06. The molecule has 0 unspecified atom stereocenters. The van der Waals surface area contributed by atoms with Crippen molar-refractivity contribution in [2.45, 2.75) is 55.8 Å². The van der Waals surface area contributed by atoms with E-state index in [1.165, 1.54) is 32.5 Å². The largest absolute Gasteiger partial charge is 0.463 e. The molecular formula is C18H22O7S. The molecule has 2 rings (SSSR count). The molecule has 1 saturated heterocycles. The van der Waals surface area contributed by atoms with E-state index in [1.807, 2.05) is 30.3 Å². The van der Waals surface area contributed by atoms with Crippen molar-refractivity contribution in [2.24, 2.45) is 0 Å². The van der Waals surface area contributed by atoms with Crippen molar-refractivity contribution < 1.29 is 33.3 Å². The second-order valence-corrected chi connectivity index (χ2v) is 7.11. The third-order valence-electron chi connectivity index (χ3n) is 3.57. The van der Waals surface area contributed by atoms with E-state index in [2.05, 4.69) is 0 Å². The van der Waals surface area contributed by atoms with E-state index in [-0.39, 0.29) is 11.9 Å². The smallest absolute Gasteiger partial charge is 0.304 e. The lowest BCUT2D eigenvalue weighted by molar-refractivity contribution is -0.232. The number of rotatable bonds is 6. The van der Waals surface area contributed by atoms with E-state index >= 15 is 0 Å². The summed E-state index contributed by atoms with van der Waals surface area (Å²) in [4.78, 5) is 35.0. The summed E-state index contributed by atoms with van der Waals surface area (Å²) < 4.78 is 21.4. The normalized spacial score (nSPS) is 25.2. The van der Waals surface area contributed by atoms with Gasteiger partial charge in [0.1, 0.15) is 18.8 Å². The van der Waals surface area contributed by atoms with Crippen molar-refractivity contribution in [1.29, 1.82) is 0 Å². The molecule has 4 atom stereocenters. The van der Waals surface area contributed by atoms with Gasteiger partial charge in [0.2, 0.25) is 6.29 Å². The van der Waals surface area contributed by atoms with Crippen LogP contribution < -0.4 is 0 Å². The van der Waals surface area contributed by atoms with E-state index in [9.17, 15) is 14.4 Å². The van der Waals surface area contributed by atoms with Gasteiger partial charge in [0.25, 0.3) is 0 Å². The van der Waals surface area contributed by atoms with Gasteiger partial charge in [0, 0.05) is 32.1 Å². The summed E-state index contributed by atoms with van der Waals surface area (Å²) >= 11 is 1.49. The first-order chi connectivity index (χ1) is 12.3. The van der Waals surface area contributed by atoms with E-state index in [0.29, 0.717) is 6.42 Å². The Bertz CT molecular complexity index is 634. The fraction of sp³-hybridized carbons (Fsp3) is 0.500. The molecular weight excluding hydrogens is 360 g/mol. The molecule has 0 aromatic heterocycles. The van der Waals surface area contributed by atoms with Gasteiger partial charge in [-0.15, -0.1) is 11.8 Å². The predicted octanol–water partition coefficient (Wildman–Crippen LogP) is 2.32. The number of esters is 3. The highest BCUT2D eigenvalue weighted by atomic mass is 32.2. The van der Waals surface area contributed by atoms with Gasteiger partial charge >= 0.3 is 17.9 Å². The van der Waals surface area contributed by atoms with Crippen molar-refractivity contribution in [1.82, 2.24) is 0 Å². The second kappa shape index (κ2) is 9.59. The first-order valence-corrected chi connectivity index (χ1v) is 9.08. The summed E-state index contributed by atoms with van der Waals surface area (Å²) in [5, 5.41) is -0.236. The lowest BCUT2D eigenvalue weighted by atomic mass is 10.0. The number of hydrogen-bond acceptors (Lipinski definition) is 8. The van der Waals surface area contributed by atoms with Gasteiger partial charge in [0.05, 0.1) is 5.25 Å². The number of hydrogen-bond donors (Lipinski definition) is 0. The maximum atomic E-state index is 11.6. The first kappa shape index (κ1) is 20.3. The topological polar surface area (TPSA) is 88.1 Å². The highest BCUT2D eigenvalue weighted by Crippen LogP contribution is 2.36. The van der Waals surface area contributed by atoms with Crippen LogP contribution >= 0.6 is 11.8 Å². The monoisotopic (exact) mass is 382 g/mol. The highest BCUT2D eigenvalue weighted by molar-refractivity contribution is 8.00. The van der Waals surface area contributed by atoms with E-state index in [0.717, 1.165) is 4.90 Å². The van der Waals surface area contributed by atoms with Crippen molar-refractivity contribution in [2.75, 3.05) is 6.61 Å². The Labute approximate surface area is 156 Å². The average molecular weight is 382 g/mol. The minimum atomic E-state index is -0.805. The van der Waals surface area contributed by atoms with Gasteiger partial charge < -0.3 is 18.9 Å². The molecule has 1 aliphatic rings. The first-order valence-electron chi connectivity index (χ1n) is 8.20. The molecule has 0 spiro atoms. The zero-order valence-corrected chi connectivity index (χ0v) is 15.7. The third kappa shape index (κ3) is 6.34. The van der Waals surface area contributed by atoms with Gasteiger partial charge in [-0.1, -0.05) is 18.2 Å². The quantitative estimate of drug-likeness (QED) is 0.547. The van der Waals surface area contributed by atoms with E-state index in [4.69, 9.17) is 18.9 Å². The van der Waals surface area contributed by atoms with E-state index < -0.39 is 36.4 Å². The molecule has 26 heavy (non-hydrogen) atoms. The SMILES string of the molecule is CC(=O)OC[C@H]1O[C@H](OC(C)=O)C[C@H](Sc2ccccc2)[C@@H]1OC(C)=O. The molecule has 8 heteroatoms. The molecule has 7 nitrogen and oxygen atoms in total. The van der Waals surface area contributed by atoms with Crippen molar-refractivity contribution in [3.63, 3.8) is 0 Å². The molecule has 0 amide bonds. The molecule has 0 radical (unpaired) electrons. The highest BCUT2D eigenvalue weighted by Gasteiger charge is 2.43. The van der Waals surface area contributed by atoms with Crippen LogP contribution in [-0.2, 0) is 33.3 Å². The van der Waals surface area contributed by atoms with Crippen molar-refractivity contribution >= 4 is 29.7 Å². The minimum Gasteiger partial charge on any atom is -0.463 e. The van der Waals surface area contributed by atoms with Crippen LogP contribution in [0, 0.1) is 0 Å². The van der Waals surface area contributed by atoms with Crippen LogP contribution in [0.15, 0.2) is 35.2 Å². The van der Waals surface area contributed by atoms with Crippen molar-refractivity contribution in [3.8, 4) is 0 Å². The van der Waals surface area contributed by atoms with Gasteiger partial charge in [0.15, 0.2) is 0 Å². The van der Waals surface area contributed by atoms with E-state index in [1.54, 1.807) is 0 Å². The van der Waals surface area contributed by atoms with Crippen LogP contribution in [0.2, 0.25) is 0 Å². The summed E-state index contributed by atoms with van der Waals surface area (Å²) in [6.45, 7) is 3.79. The summed E-state index contributed by atoms with van der Waals surface area (Å²) in [6.07, 6.45) is -1.85. The Morgan fingerprint density at radius 2 is 1.69 bits per heavy atom. The number of thioether (sulfide) groups is 1. The lowest BCUT2D eigenvalue weighted by Gasteiger charge is -2.39. The van der Waals surface area contributed by atoms with Crippen LogP contribution in [-0.4, -0.2) is 48.3 Å². The summed E-state index contributed by atoms with van der Waals surface area (Å²) in [6, 6.07) is 9.59. The third-order valence-corrected chi connectivity index (χ3v) is 4.87. The molecule has 0 aliphatic carbocycles. The molecule has 1 aliphatic heterocycles. The Balaban J connectivity index is 2.22. The Morgan fingerprint density at radius 1 is 1.04 bits per heavy atom. The lowest BCUT2D eigenvalue weighted by Crippen LogP contribution is -2.52. The van der Waals surface area contributed by atoms with Gasteiger partial charge in [-0.3, -0.25) is 14.4 Å². The summed E-state index contributed by atoms with van der Waals surface area (Å²) in [7, 11) is 0. The Kier molecular flexibility index (Phi) is 7.47. The number of benzene rings is 1. The zero-order chi connectivity index (χ0) is 19.1. The molecule has 1 heterocycles. The van der Waals surface area contributed by atoms with Gasteiger partial charge in [-0.2, -0.15) is 0 Å². The molecule has 142 valence electrons. The van der Waals surface area contributed by atoms with Crippen LogP contribution in [0.1, 0.15) is 27.2 Å². The van der Waals surface area contributed by atoms with Crippen LogP contribution in [0.4, 0.5) is 0 Å². The molecule has 1 aromatic rings. The molecule has 0 saturated carbocycles. The van der Waals surface area contributed by atoms with Crippen LogP contribution in [0.25, 0.3) is 0 Å². The molecule has 0 N–H and O–H groups in total. The van der Waals surface area contributed by atoms with Crippen LogP contribution in [0.5, 0.6) is 0 Å². The maximum Gasteiger partial charge on any atom is 0.304 e. The average Bonchev–Trinajstić information content (AvgIpc) is 2.55. The number of carbonyl (C=O) groups is 3. The summed E-state index contributed by atoms with van der Waals surface area (Å²) in [5.74, 6) is -1.41. The molecule has 1 fully saturated rings. The molecule has 1 aromatic carbocycles. The van der Waals surface area contributed by atoms with Crippen LogP contribution in [0.3, 0.4) is 0 Å². The maximum absolute atomic E-state index is 11.6. The van der Waals surface area contributed by atoms with Crippen molar-refractivity contribution in [3.05, 3.63) is 30.3 Å². The fourth-order valence-corrected chi connectivity index (χ4v) is 3.90. The Morgan fingerprint density at radius 3 is 2.27 bits per heavy atom. The number of ether oxygens (including phenoxy) is 4. The minimum absolute atomic E-state index is 0.100. The second-order valence-electron chi connectivity index (χ2n) is 5.80. The summed E-state index contributed by atoms with van der Waals surface area (Å²) in [5.41, 5.74) is 0. The zero-order valence-electron chi connectivity index (χ0n) is 14.9. The molecule has 0 bridgehead atoms. The van der Waals surface area contributed by atoms with Gasteiger partial charge in [-0.05, 0) is 12.1 Å². The fourth-order valence-electron chi connectivity index (χ4n) is 2.62. The predicted molar refractivity (Wildman–Crippen MR) is 93.3 cm³/mol. The van der Waals surface area contributed by atoms with Gasteiger partial charge in [-0.25, -0.2) is 0 Å².